The number of nitrogens with one attached hydrogen (secondary N) is 1. The fourth-order valence-electron chi connectivity index (χ4n) is 12.1. The van der Waals surface area contributed by atoms with E-state index < -0.39 is 12.1 Å². The molecule has 0 fully saturated rings. The molecule has 2 atom stereocenters. The average Bonchev–Trinajstić information content (AvgIpc) is 3.47. The molecule has 0 aromatic heterocycles. The summed E-state index contributed by atoms with van der Waals surface area (Å²) in [5.74, 6) is -0.0161. The lowest BCUT2D eigenvalue weighted by Crippen LogP contribution is -2.45. The third-order valence-electron chi connectivity index (χ3n) is 17.8. The second-order valence-electron chi connectivity index (χ2n) is 26.0. The number of carbonyl (C=O) groups excluding carboxylic acids is 2. The second kappa shape index (κ2) is 71.1. The van der Waals surface area contributed by atoms with E-state index in [0.29, 0.717) is 25.9 Å². The van der Waals surface area contributed by atoms with Crippen LogP contribution in [-0.4, -0.2) is 47.4 Å². The van der Waals surface area contributed by atoms with Crippen LogP contribution in [0.2, 0.25) is 0 Å². The fraction of sp³-hybridized carbons (Fsp3) is 0.947. The van der Waals surface area contributed by atoms with Crippen molar-refractivity contribution in [2.24, 2.45) is 0 Å². The maximum absolute atomic E-state index is 12.6. The number of amides is 1. The van der Waals surface area contributed by atoms with Gasteiger partial charge in [-0.1, -0.05) is 379 Å². The number of carbonyl (C=O) groups is 2. The Kier molecular flexibility index (Phi) is 69.9. The number of rotatable bonds is 71. The summed E-state index contributed by atoms with van der Waals surface area (Å²) in [4.78, 5) is 24.7. The van der Waals surface area contributed by atoms with Crippen LogP contribution in [0.15, 0.2) is 12.2 Å². The van der Waals surface area contributed by atoms with Gasteiger partial charge < -0.3 is 20.3 Å². The average molecular weight is 1140 g/mol. The van der Waals surface area contributed by atoms with Crippen LogP contribution >= 0.6 is 0 Å². The van der Waals surface area contributed by atoms with Crippen molar-refractivity contribution in [2.45, 2.75) is 443 Å². The third kappa shape index (κ3) is 67.6. The predicted octanol–water partition coefficient (Wildman–Crippen LogP) is 24.3. The zero-order valence-electron chi connectivity index (χ0n) is 55.3. The van der Waals surface area contributed by atoms with Gasteiger partial charge >= 0.3 is 5.97 Å². The van der Waals surface area contributed by atoms with Crippen LogP contribution in [0.1, 0.15) is 431 Å². The van der Waals surface area contributed by atoms with E-state index in [4.69, 9.17) is 4.74 Å². The minimum atomic E-state index is -0.665. The topological polar surface area (TPSA) is 95.9 Å². The number of ether oxygens (including phenoxy) is 1. The van der Waals surface area contributed by atoms with Gasteiger partial charge in [0.05, 0.1) is 25.4 Å². The van der Waals surface area contributed by atoms with Crippen LogP contribution < -0.4 is 5.32 Å². The van der Waals surface area contributed by atoms with E-state index >= 15 is 0 Å². The van der Waals surface area contributed by atoms with Crippen LogP contribution in [-0.2, 0) is 14.3 Å². The van der Waals surface area contributed by atoms with Gasteiger partial charge in [0.2, 0.25) is 5.91 Å². The molecule has 0 bridgehead atoms. The van der Waals surface area contributed by atoms with Crippen LogP contribution in [0.5, 0.6) is 0 Å². The molecular weight excluding hydrogens is 995 g/mol. The highest BCUT2D eigenvalue weighted by atomic mass is 16.5. The zero-order valence-corrected chi connectivity index (χ0v) is 55.3. The molecular formula is C75H147NO5. The van der Waals surface area contributed by atoms with Crippen molar-refractivity contribution >= 4 is 11.9 Å². The molecule has 6 heteroatoms. The Morgan fingerprint density at radius 3 is 0.877 bits per heavy atom. The summed E-state index contributed by atoms with van der Waals surface area (Å²) in [6.07, 6.45) is 88.4. The molecule has 0 aliphatic rings. The van der Waals surface area contributed by atoms with Crippen molar-refractivity contribution in [3.8, 4) is 0 Å². The first-order valence-corrected chi connectivity index (χ1v) is 37.4. The summed E-state index contributed by atoms with van der Waals surface area (Å²) in [5, 5.41) is 23.5. The Labute approximate surface area is 508 Å². The summed E-state index contributed by atoms with van der Waals surface area (Å²) in [5.41, 5.74) is 0. The van der Waals surface area contributed by atoms with E-state index in [1.807, 2.05) is 0 Å². The Morgan fingerprint density at radius 1 is 0.333 bits per heavy atom. The summed E-state index contributed by atoms with van der Waals surface area (Å²) in [6, 6.07) is -0.542. The smallest absolute Gasteiger partial charge is 0.305 e. The lowest BCUT2D eigenvalue weighted by atomic mass is 10.0. The minimum Gasteiger partial charge on any atom is -0.466 e. The molecule has 3 N–H and O–H groups in total. The van der Waals surface area contributed by atoms with Gasteiger partial charge in [0.25, 0.3) is 0 Å². The van der Waals surface area contributed by atoms with Crippen molar-refractivity contribution in [1.29, 1.82) is 0 Å². The van der Waals surface area contributed by atoms with E-state index in [0.717, 1.165) is 44.9 Å². The SMILES string of the molecule is CCCCCCCC/C=C\CCCCCCCCCC(=O)OCCCCCCCCCCCCCCCCCCCCCCCCCC(=O)NC(CO)C(O)CCCCCCCCCCCCCCCCCCCCCCCCCC. The van der Waals surface area contributed by atoms with Gasteiger partial charge in [-0.2, -0.15) is 0 Å². The molecule has 0 aromatic rings. The molecule has 0 aliphatic carbocycles. The molecule has 0 saturated heterocycles. The number of hydrogen-bond donors (Lipinski definition) is 3. The first-order chi connectivity index (χ1) is 40.0. The quantitative estimate of drug-likeness (QED) is 0.0320. The Balaban J connectivity index is 3.36. The highest BCUT2D eigenvalue weighted by Crippen LogP contribution is 2.20. The molecule has 0 rings (SSSR count). The second-order valence-corrected chi connectivity index (χ2v) is 26.0. The minimum absolute atomic E-state index is 0.0126. The van der Waals surface area contributed by atoms with Crippen LogP contribution in [0.25, 0.3) is 0 Å². The normalized spacial score (nSPS) is 12.5. The van der Waals surface area contributed by atoms with Crippen LogP contribution in [0.4, 0.5) is 0 Å². The summed E-state index contributed by atoms with van der Waals surface area (Å²) >= 11 is 0. The number of esters is 1. The van der Waals surface area contributed by atoms with Gasteiger partial charge in [-0.3, -0.25) is 9.59 Å². The molecule has 0 aliphatic heterocycles. The number of aliphatic hydroxyl groups excluding tert-OH is 2. The van der Waals surface area contributed by atoms with Crippen molar-refractivity contribution in [3.63, 3.8) is 0 Å². The molecule has 0 spiro atoms. The van der Waals surface area contributed by atoms with Crippen LogP contribution in [0, 0.1) is 0 Å². The standard InChI is InChI=1S/C75H147NO5/c1-3-5-7-9-11-13-15-17-19-21-22-23-24-26-29-32-36-39-43-47-51-55-59-63-67-73(78)72(71-77)76-74(79)68-64-60-56-52-48-44-40-37-33-30-27-25-28-31-34-38-42-46-50-54-58-62-66-70-81-75(80)69-65-61-57-53-49-45-41-35-20-18-16-14-12-10-8-6-4-2/h18,20,72-73,77-78H,3-17,19,21-71H2,1-2H3,(H,76,79)/b20-18-. The highest BCUT2D eigenvalue weighted by Gasteiger charge is 2.20. The summed E-state index contributed by atoms with van der Waals surface area (Å²) in [7, 11) is 0. The van der Waals surface area contributed by atoms with Gasteiger partial charge in [0, 0.05) is 12.8 Å². The third-order valence-corrected chi connectivity index (χ3v) is 17.8. The predicted molar refractivity (Wildman–Crippen MR) is 357 cm³/mol. The maximum atomic E-state index is 12.6. The van der Waals surface area contributed by atoms with E-state index in [1.54, 1.807) is 0 Å². The van der Waals surface area contributed by atoms with E-state index in [-0.39, 0.29) is 18.5 Å². The molecule has 1 amide bonds. The van der Waals surface area contributed by atoms with Crippen molar-refractivity contribution < 1.29 is 24.5 Å². The lowest BCUT2D eigenvalue weighted by Gasteiger charge is -2.22. The van der Waals surface area contributed by atoms with Crippen LogP contribution in [0.3, 0.4) is 0 Å². The Hall–Kier alpha value is -1.40. The molecule has 0 heterocycles. The molecule has 0 saturated carbocycles. The van der Waals surface area contributed by atoms with Gasteiger partial charge in [0.15, 0.2) is 0 Å². The van der Waals surface area contributed by atoms with Gasteiger partial charge in [-0.05, 0) is 51.4 Å². The molecule has 6 nitrogen and oxygen atoms in total. The molecule has 0 radical (unpaired) electrons. The summed E-state index contributed by atoms with van der Waals surface area (Å²) in [6.45, 7) is 5.00. The first kappa shape index (κ1) is 79.6. The van der Waals surface area contributed by atoms with Crippen molar-refractivity contribution in [3.05, 3.63) is 12.2 Å². The zero-order chi connectivity index (χ0) is 58.5. The molecule has 0 aromatic carbocycles. The number of aliphatic hydroxyl groups is 2. The monoisotopic (exact) mass is 1140 g/mol. The fourth-order valence-corrected chi connectivity index (χ4v) is 12.1. The number of hydrogen-bond acceptors (Lipinski definition) is 5. The van der Waals surface area contributed by atoms with Crippen molar-refractivity contribution in [1.82, 2.24) is 5.32 Å². The van der Waals surface area contributed by atoms with Crippen molar-refractivity contribution in [2.75, 3.05) is 13.2 Å². The van der Waals surface area contributed by atoms with E-state index in [9.17, 15) is 19.8 Å². The molecule has 482 valence electrons. The Bertz CT molecular complexity index is 1220. The van der Waals surface area contributed by atoms with Gasteiger partial charge in [0.1, 0.15) is 0 Å². The van der Waals surface area contributed by atoms with Gasteiger partial charge in [-0.25, -0.2) is 0 Å². The van der Waals surface area contributed by atoms with E-state index in [2.05, 4.69) is 31.3 Å². The Morgan fingerprint density at radius 2 is 0.580 bits per heavy atom. The molecule has 81 heavy (non-hydrogen) atoms. The largest absolute Gasteiger partial charge is 0.466 e. The lowest BCUT2D eigenvalue weighted by molar-refractivity contribution is -0.143. The molecule has 2 unspecified atom stereocenters. The number of unbranched alkanes of at least 4 members (excludes halogenated alkanes) is 58. The van der Waals surface area contributed by atoms with E-state index in [1.165, 1.54) is 353 Å². The number of allylic oxidation sites excluding steroid dienone is 2. The van der Waals surface area contributed by atoms with Gasteiger partial charge in [-0.15, -0.1) is 0 Å². The summed E-state index contributed by atoms with van der Waals surface area (Å²) < 4.78 is 5.50. The maximum Gasteiger partial charge on any atom is 0.305 e. The highest BCUT2D eigenvalue weighted by molar-refractivity contribution is 5.76. The first-order valence-electron chi connectivity index (χ1n) is 37.4.